The minimum absolute atomic E-state index is 0.0951. The molecule has 1 amide bonds. The normalized spacial score (nSPS) is 10.7. The zero-order valence-corrected chi connectivity index (χ0v) is 17.3. The van der Waals surface area contributed by atoms with Crippen molar-refractivity contribution in [1.29, 1.82) is 5.26 Å². The molecule has 1 N–H and O–H groups in total. The highest BCUT2D eigenvalue weighted by Gasteiger charge is 2.14. The minimum Gasteiger partial charge on any atom is -0.490 e. The molecule has 5 nitrogen and oxygen atoms in total. The molecule has 0 bridgehead atoms. The van der Waals surface area contributed by atoms with E-state index >= 15 is 0 Å². The molecule has 144 valence electrons. The van der Waals surface area contributed by atoms with Crippen LogP contribution in [0.3, 0.4) is 0 Å². The quantitative estimate of drug-likeness (QED) is 0.245. The van der Waals surface area contributed by atoms with Crippen molar-refractivity contribution in [3.8, 4) is 17.6 Å². The van der Waals surface area contributed by atoms with Gasteiger partial charge in [-0.3, -0.25) is 4.79 Å². The van der Waals surface area contributed by atoms with E-state index in [4.69, 9.17) is 9.47 Å². The molecule has 0 heterocycles. The van der Waals surface area contributed by atoms with Crippen LogP contribution in [0.25, 0.3) is 6.08 Å². The number of nitrogens with one attached hydrogen (secondary N) is 1. The van der Waals surface area contributed by atoms with E-state index in [2.05, 4.69) is 34.5 Å². The highest BCUT2D eigenvalue weighted by molar-refractivity contribution is 14.1. The van der Waals surface area contributed by atoms with Gasteiger partial charge in [0, 0.05) is 5.69 Å². The molecule has 0 saturated carbocycles. The van der Waals surface area contributed by atoms with Crippen LogP contribution in [0.15, 0.2) is 54.6 Å². The maximum absolute atomic E-state index is 13.0. The number of hydrogen-bond donors (Lipinski definition) is 1. The summed E-state index contributed by atoms with van der Waals surface area (Å²) in [4.78, 5) is 12.4. The molecular weight excluding hydrogens is 474 g/mol. The first-order valence-electron chi connectivity index (χ1n) is 8.37. The number of amides is 1. The molecule has 0 spiro atoms. The maximum atomic E-state index is 13.0. The first-order valence-corrected chi connectivity index (χ1v) is 9.45. The molecule has 0 aliphatic rings. The Morgan fingerprint density at radius 1 is 1.32 bits per heavy atom. The zero-order valence-electron chi connectivity index (χ0n) is 15.2. The fraction of sp³-hybridized carbons (Fsp3) is 0.143. The Hall–Kier alpha value is -2.86. The highest BCUT2D eigenvalue weighted by Crippen LogP contribution is 2.35. The van der Waals surface area contributed by atoms with Crippen molar-refractivity contribution in [3.05, 3.63) is 69.6 Å². The summed E-state index contributed by atoms with van der Waals surface area (Å²) in [5.74, 6) is 0.0902. The number of hydrogen-bond acceptors (Lipinski definition) is 4. The fourth-order valence-electron chi connectivity index (χ4n) is 2.26. The van der Waals surface area contributed by atoms with Gasteiger partial charge in [0.1, 0.15) is 24.1 Å². The van der Waals surface area contributed by atoms with Crippen molar-refractivity contribution < 1.29 is 18.7 Å². The molecule has 0 aliphatic heterocycles. The summed E-state index contributed by atoms with van der Waals surface area (Å²) >= 11 is 2.10. The molecule has 0 saturated heterocycles. The van der Waals surface area contributed by atoms with Gasteiger partial charge in [-0.05, 0) is 77.6 Å². The SMILES string of the molecule is C=CCOc1c(I)cc(/C=C(/C#N)C(=O)Nc2ccc(F)cc2)cc1OCC. The highest BCUT2D eigenvalue weighted by atomic mass is 127. The van der Waals surface area contributed by atoms with Gasteiger partial charge in [0.05, 0.1) is 10.2 Å². The molecule has 0 atom stereocenters. The number of benzene rings is 2. The standard InChI is InChI=1S/C21H18FIN2O3/c1-3-9-28-20-18(23)11-14(12-19(20)27-4-2)10-15(13-24)21(26)25-17-7-5-16(22)6-8-17/h3,5-8,10-12H,1,4,9H2,2H3,(H,25,26)/b15-10-. The predicted molar refractivity (Wildman–Crippen MR) is 115 cm³/mol. The van der Waals surface area contributed by atoms with E-state index in [1.54, 1.807) is 18.2 Å². The smallest absolute Gasteiger partial charge is 0.266 e. The largest absolute Gasteiger partial charge is 0.490 e. The third kappa shape index (κ3) is 5.82. The summed E-state index contributed by atoms with van der Waals surface area (Å²) in [5.41, 5.74) is 0.914. The van der Waals surface area contributed by atoms with Crippen LogP contribution < -0.4 is 14.8 Å². The summed E-state index contributed by atoms with van der Waals surface area (Å²) in [6.45, 7) is 6.24. The molecular formula is C21H18FIN2O3. The van der Waals surface area contributed by atoms with Crippen LogP contribution in [0.1, 0.15) is 12.5 Å². The van der Waals surface area contributed by atoms with Gasteiger partial charge in [-0.1, -0.05) is 12.7 Å². The van der Waals surface area contributed by atoms with Crippen LogP contribution in [-0.4, -0.2) is 19.1 Å². The van der Waals surface area contributed by atoms with Gasteiger partial charge >= 0.3 is 0 Å². The van der Waals surface area contributed by atoms with Gasteiger partial charge in [0.2, 0.25) is 0 Å². The molecule has 28 heavy (non-hydrogen) atoms. The summed E-state index contributed by atoms with van der Waals surface area (Å²) in [7, 11) is 0. The van der Waals surface area contributed by atoms with Gasteiger partial charge < -0.3 is 14.8 Å². The van der Waals surface area contributed by atoms with E-state index in [0.717, 1.165) is 3.57 Å². The van der Waals surface area contributed by atoms with E-state index in [9.17, 15) is 14.4 Å². The van der Waals surface area contributed by atoms with Gasteiger partial charge in [0.25, 0.3) is 5.91 Å². The molecule has 2 aromatic rings. The third-order valence-corrected chi connectivity index (χ3v) is 4.26. The average Bonchev–Trinajstić information content (AvgIpc) is 2.67. The Balaban J connectivity index is 2.31. The number of anilines is 1. The summed E-state index contributed by atoms with van der Waals surface area (Å²) in [6, 6.07) is 10.7. The predicted octanol–water partition coefficient (Wildman–Crippen LogP) is 4.94. The first kappa shape index (κ1) is 21.4. The number of nitriles is 1. The lowest BCUT2D eigenvalue weighted by molar-refractivity contribution is -0.112. The van der Waals surface area contributed by atoms with Crippen molar-refractivity contribution in [1.82, 2.24) is 0 Å². The number of carbonyl (C=O) groups excluding carboxylic acids is 1. The summed E-state index contributed by atoms with van der Waals surface area (Å²) < 4.78 is 25.0. The van der Waals surface area contributed by atoms with Crippen molar-refractivity contribution in [3.63, 3.8) is 0 Å². The summed E-state index contributed by atoms with van der Waals surface area (Å²) in [5, 5.41) is 12.0. The number of carbonyl (C=O) groups is 1. The molecule has 0 aromatic heterocycles. The minimum atomic E-state index is -0.589. The Kier molecular flexibility index (Phi) is 8.02. The van der Waals surface area contributed by atoms with Crippen molar-refractivity contribution in [2.45, 2.75) is 6.92 Å². The van der Waals surface area contributed by atoms with Crippen molar-refractivity contribution in [2.24, 2.45) is 0 Å². The van der Waals surface area contributed by atoms with E-state index in [1.807, 2.05) is 13.0 Å². The molecule has 2 rings (SSSR count). The van der Waals surface area contributed by atoms with Gasteiger partial charge in [-0.25, -0.2) is 4.39 Å². The second kappa shape index (κ2) is 10.5. The second-order valence-electron chi connectivity index (χ2n) is 5.49. The van der Waals surface area contributed by atoms with E-state index < -0.39 is 11.7 Å². The first-order chi connectivity index (χ1) is 13.5. The van der Waals surface area contributed by atoms with Crippen LogP contribution in [0, 0.1) is 20.7 Å². The second-order valence-corrected chi connectivity index (χ2v) is 6.66. The average molecular weight is 492 g/mol. The molecule has 0 radical (unpaired) electrons. The lowest BCUT2D eigenvalue weighted by Gasteiger charge is -2.14. The van der Waals surface area contributed by atoms with Crippen LogP contribution in [0.5, 0.6) is 11.5 Å². The van der Waals surface area contributed by atoms with Crippen LogP contribution in [0.2, 0.25) is 0 Å². The number of ether oxygens (including phenoxy) is 2. The Bertz CT molecular complexity index is 934. The van der Waals surface area contributed by atoms with Crippen LogP contribution in [-0.2, 0) is 4.79 Å². The fourth-order valence-corrected chi connectivity index (χ4v) is 3.04. The number of rotatable bonds is 8. The summed E-state index contributed by atoms with van der Waals surface area (Å²) in [6.07, 6.45) is 3.09. The van der Waals surface area contributed by atoms with Crippen molar-refractivity contribution in [2.75, 3.05) is 18.5 Å². The Labute approximate surface area is 176 Å². The Morgan fingerprint density at radius 3 is 2.64 bits per heavy atom. The zero-order chi connectivity index (χ0) is 20.5. The van der Waals surface area contributed by atoms with Gasteiger partial charge in [-0.15, -0.1) is 0 Å². The monoisotopic (exact) mass is 492 g/mol. The van der Waals surface area contributed by atoms with Gasteiger partial charge in [-0.2, -0.15) is 5.26 Å². The molecule has 0 aliphatic carbocycles. The molecule has 7 heteroatoms. The number of halogens is 2. The number of nitrogens with zero attached hydrogens (tertiary/aromatic N) is 1. The van der Waals surface area contributed by atoms with E-state index in [0.29, 0.717) is 36.0 Å². The van der Waals surface area contributed by atoms with Crippen molar-refractivity contribution >= 4 is 40.3 Å². The Morgan fingerprint density at radius 2 is 2.04 bits per heavy atom. The van der Waals surface area contributed by atoms with Crippen LogP contribution >= 0.6 is 22.6 Å². The van der Waals surface area contributed by atoms with Crippen LogP contribution in [0.4, 0.5) is 10.1 Å². The maximum Gasteiger partial charge on any atom is 0.266 e. The van der Waals surface area contributed by atoms with E-state index in [-0.39, 0.29) is 5.57 Å². The van der Waals surface area contributed by atoms with Gasteiger partial charge in [0.15, 0.2) is 11.5 Å². The lowest BCUT2D eigenvalue weighted by atomic mass is 10.1. The van der Waals surface area contributed by atoms with E-state index in [1.165, 1.54) is 30.3 Å². The molecule has 2 aromatic carbocycles. The molecule has 0 unspecified atom stereocenters. The third-order valence-electron chi connectivity index (χ3n) is 3.46. The topological polar surface area (TPSA) is 71.3 Å². The lowest BCUT2D eigenvalue weighted by Crippen LogP contribution is -2.13. The molecule has 0 fully saturated rings.